The van der Waals surface area contributed by atoms with Gasteiger partial charge < -0.3 is 15.8 Å². The first-order valence-corrected chi connectivity index (χ1v) is 9.30. The summed E-state index contributed by atoms with van der Waals surface area (Å²) >= 11 is 0. The molecule has 0 aromatic rings. The van der Waals surface area contributed by atoms with Crippen LogP contribution in [0.5, 0.6) is 0 Å². The molecule has 0 aromatic carbocycles. The standard InChI is InChI=1S/C18H34N2O4.K.H/c1-2-3-4-5-6-7-8-9-10-11-12-13-16(21)20-15-18(23)24-17(22)14-19;;/h2-15,19H2,1H3,(H,20,21);;. The number of nitrogens with one attached hydrogen (secondary N) is 1. The van der Waals surface area contributed by atoms with Crippen molar-refractivity contribution in [3.05, 3.63) is 0 Å². The Morgan fingerprint density at radius 3 is 1.76 bits per heavy atom. The fourth-order valence-corrected chi connectivity index (χ4v) is 2.41. The average Bonchev–Trinajstić information content (AvgIpc) is 2.57. The third-order valence-corrected chi connectivity index (χ3v) is 3.83. The van der Waals surface area contributed by atoms with E-state index in [0.29, 0.717) is 6.42 Å². The third-order valence-electron chi connectivity index (χ3n) is 3.83. The SMILES string of the molecule is CCCCCCCCCCCCCC(=O)NCC(=O)OC(=O)CN.[KH]. The number of hydrogen-bond donors (Lipinski definition) is 2. The number of nitrogens with two attached hydrogens (primary N) is 1. The fraction of sp³-hybridized carbons (Fsp3) is 0.833. The molecule has 1 amide bonds. The van der Waals surface area contributed by atoms with Crippen LogP contribution in [0.1, 0.15) is 84.0 Å². The van der Waals surface area contributed by atoms with E-state index in [9.17, 15) is 14.4 Å². The molecule has 0 unspecified atom stereocenters. The van der Waals surface area contributed by atoms with Gasteiger partial charge in [-0.1, -0.05) is 71.1 Å². The van der Waals surface area contributed by atoms with Crippen molar-refractivity contribution in [2.24, 2.45) is 5.73 Å². The zero-order valence-electron chi connectivity index (χ0n) is 15.1. The van der Waals surface area contributed by atoms with Gasteiger partial charge in [-0.25, -0.2) is 4.79 Å². The molecule has 0 aromatic heterocycles. The van der Waals surface area contributed by atoms with Crippen molar-refractivity contribution in [1.29, 1.82) is 0 Å². The van der Waals surface area contributed by atoms with Crippen LogP contribution < -0.4 is 11.1 Å². The number of unbranched alkanes of at least 4 members (excludes halogenated alkanes) is 10. The van der Waals surface area contributed by atoms with Gasteiger partial charge in [-0.15, -0.1) is 0 Å². The van der Waals surface area contributed by atoms with Gasteiger partial charge in [-0.3, -0.25) is 9.59 Å². The van der Waals surface area contributed by atoms with E-state index in [-0.39, 0.29) is 70.4 Å². The zero-order valence-corrected chi connectivity index (χ0v) is 15.1. The number of ether oxygens (including phenoxy) is 1. The molecule has 0 spiro atoms. The van der Waals surface area contributed by atoms with E-state index in [1.54, 1.807) is 0 Å². The Hall–Kier alpha value is 0.206. The number of rotatable bonds is 15. The van der Waals surface area contributed by atoms with E-state index < -0.39 is 11.9 Å². The van der Waals surface area contributed by atoms with E-state index in [1.165, 1.54) is 51.4 Å². The summed E-state index contributed by atoms with van der Waals surface area (Å²) in [5.74, 6) is -1.76. The molecule has 0 aliphatic heterocycles. The van der Waals surface area contributed by atoms with Crippen molar-refractivity contribution >= 4 is 69.2 Å². The van der Waals surface area contributed by atoms with Crippen molar-refractivity contribution < 1.29 is 19.1 Å². The summed E-state index contributed by atoms with van der Waals surface area (Å²) in [5, 5.41) is 2.44. The number of carbonyl (C=O) groups excluding carboxylic acids is 3. The van der Waals surface area contributed by atoms with Gasteiger partial charge in [0.1, 0.15) is 6.54 Å². The molecule has 0 saturated carbocycles. The molecular weight excluding hydrogens is 347 g/mol. The summed E-state index contributed by atoms with van der Waals surface area (Å²) in [4.78, 5) is 33.5. The number of amides is 1. The summed E-state index contributed by atoms with van der Waals surface area (Å²) in [7, 11) is 0. The van der Waals surface area contributed by atoms with E-state index in [2.05, 4.69) is 17.0 Å². The molecule has 142 valence electrons. The number of esters is 2. The van der Waals surface area contributed by atoms with Crippen LogP contribution >= 0.6 is 0 Å². The van der Waals surface area contributed by atoms with Crippen molar-refractivity contribution in [1.82, 2.24) is 5.32 Å². The molecule has 0 radical (unpaired) electrons. The molecular formula is C18H35KN2O4. The molecule has 0 fully saturated rings. The van der Waals surface area contributed by atoms with E-state index in [4.69, 9.17) is 5.73 Å². The van der Waals surface area contributed by atoms with E-state index >= 15 is 0 Å². The van der Waals surface area contributed by atoms with Crippen molar-refractivity contribution in [2.75, 3.05) is 13.1 Å². The van der Waals surface area contributed by atoms with Gasteiger partial charge in [0.2, 0.25) is 5.91 Å². The van der Waals surface area contributed by atoms with Gasteiger partial charge in [0.15, 0.2) is 0 Å². The number of carbonyl (C=O) groups is 3. The quantitative estimate of drug-likeness (QED) is 0.196. The molecule has 0 atom stereocenters. The monoisotopic (exact) mass is 382 g/mol. The molecule has 0 aliphatic carbocycles. The second kappa shape index (κ2) is 20.5. The normalized spacial score (nSPS) is 10.0. The Morgan fingerprint density at radius 1 is 0.800 bits per heavy atom. The van der Waals surface area contributed by atoms with Crippen molar-refractivity contribution in [3.8, 4) is 0 Å². The van der Waals surface area contributed by atoms with Crippen LogP contribution in [-0.4, -0.2) is 82.3 Å². The summed E-state index contributed by atoms with van der Waals surface area (Å²) in [6.07, 6.45) is 13.9. The van der Waals surface area contributed by atoms with Gasteiger partial charge in [-0.2, -0.15) is 0 Å². The molecule has 6 nitrogen and oxygen atoms in total. The van der Waals surface area contributed by atoms with E-state index in [0.717, 1.165) is 19.3 Å². The molecule has 0 aliphatic rings. The topological polar surface area (TPSA) is 98.5 Å². The van der Waals surface area contributed by atoms with Crippen LogP contribution in [0, 0.1) is 0 Å². The Morgan fingerprint density at radius 2 is 1.28 bits per heavy atom. The summed E-state index contributed by atoms with van der Waals surface area (Å²) in [5.41, 5.74) is 5.01. The zero-order chi connectivity index (χ0) is 18.0. The molecule has 0 saturated heterocycles. The Bertz CT molecular complexity index is 365. The molecule has 25 heavy (non-hydrogen) atoms. The summed E-state index contributed by atoms with van der Waals surface area (Å²) in [6, 6.07) is 0. The van der Waals surface area contributed by atoms with Gasteiger partial charge in [0.05, 0.1) is 6.54 Å². The first kappa shape index (κ1) is 27.4. The number of hydrogen-bond acceptors (Lipinski definition) is 5. The van der Waals surface area contributed by atoms with Crippen LogP contribution in [0.25, 0.3) is 0 Å². The molecule has 0 heterocycles. The van der Waals surface area contributed by atoms with Gasteiger partial charge in [-0.05, 0) is 6.42 Å². The van der Waals surface area contributed by atoms with E-state index in [1.807, 2.05) is 0 Å². The summed E-state index contributed by atoms with van der Waals surface area (Å²) in [6.45, 7) is 1.59. The van der Waals surface area contributed by atoms with Gasteiger partial charge >= 0.3 is 63.3 Å². The van der Waals surface area contributed by atoms with Gasteiger partial charge in [0, 0.05) is 6.42 Å². The Labute approximate surface area is 194 Å². The summed E-state index contributed by atoms with van der Waals surface area (Å²) < 4.78 is 4.34. The van der Waals surface area contributed by atoms with Crippen LogP contribution in [0.15, 0.2) is 0 Å². The average molecular weight is 383 g/mol. The molecule has 3 N–H and O–H groups in total. The minimum atomic E-state index is -0.792. The minimum absolute atomic E-state index is 0. The van der Waals surface area contributed by atoms with Crippen LogP contribution in [0.3, 0.4) is 0 Å². The maximum absolute atomic E-state index is 11.5. The van der Waals surface area contributed by atoms with Crippen molar-refractivity contribution in [3.63, 3.8) is 0 Å². The second-order valence-electron chi connectivity index (χ2n) is 6.11. The third kappa shape index (κ3) is 20.4. The first-order valence-electron chi connectivity index (χ1n) is 9.30. The molecule has 7 heteroatoms. The predicted molar refractivity (Wildman–Crippen MR) is 101 cm³/mol. The van der Waals surface area contributed by atoms with Gasteiger partial charge in [0.25, 0.3) is 0 Å². The van der Waals surface area contributed by atoms with Crippen LogP contribution in [0.2, 0.25) is 0 Å². The van der Waals surface area contributed by atoms with Crippen LogP contribution in [-0.2, 0) is 19.1 Å². The fourth-order valence-electron chi connectivity index (χ4n) is 2.41. The predicted octanol–water partition coefficient (Wildman–Crippen LogP) is 2.18. The molecule has 0 bridgehead atoms. The second-order valence-corrected chi connectivity index (χ2v) is 6.11. The van der Waals surface area contributed by atoms with Crippen molar-refractivity contribution in [2.45, 2.75) is 84.0 Å². The Kier molecular flexibility index (Phi) is 22.5. The molecule has 0 rings (SSSR count). The maximum atomic E-state index is 11.5. The Balaban J connectivity index is 0. The van der Waals surface area contributed by atoms with Crippen LogP contribution in [0.4, 0.5) is 0 Å². The first-order chi connectivity index (χ1) is 11.6.